The van der Waals surface area contributed by atoms with Gasteiger partial charge >= 0.3 is 0 Å². The monoisotopic (exact) mass is 136 g/mol. The summed E-state index contributed by atoms with van der Waals surface area (Å²) in [6, 6.07) is 2.37. The number of rotatable bonds is 2. The molecule has 0 bridgehead atoms. The summed E-state index contributed by atoms with van der Waals surface area (Å²) in [6.07, 6.45) is 3.60. The van der Waals surface area contributed by atoms with Crippen LogP contribution in [0.25, 0.3) is 6.08 Å². The van der Waals surface area contributed by atoms with Crippen LogP contribution >= 0.6 is 0 Å². The van der Waals surface area contributed by atoms with Crippen molar-refractivity contribution in [2.75, 3.05) is 0 Å². The van der Waals surface area contributed by atoms with E-state index in [1.807, 2.05) is 16.8 Å². The van der Waals surface area contributed by atoms with Crippen LogP contribution < -0.4 is 0 Å². The Kier molecular flexibility index (Phi) is 1.90. The molecule has 0 aliphatic rings. The Morgan fingerprint density at radius 3 is 2.80 bits per heavy atom. The summed E-state index contributed by atoms with van der Waals surface area (Å²) in [5, 5.41) is 4.13. The summed E-state index contributed by atoms with van der Waals surface area (Å²) in [5.41, 5.74) is 1.08. The van der Waals surface area contributed by atoms with Gasteiger partial charge in [0.2, 0.25) is 0 Å². The first kappa shape index (κ1) is 7.06. The summed E-state index contributed by atoms with van der Waals surface area (Å²) < 4.78 is 1.94. The highest BCUT2D eigenvalue weighted by Crippen LogP contribution is 2.07. The second-order valence-electron chi connectivity index (χ2n) is 2.50. The van der Waals surface area contributed by atoms with E-state index in [0.29, 0.717) is 6.04 Å². The molecule has 1 aromatic heterocycles. The third kappa shape index (κ3) is 1.10. The van der Waals surface area contributed by atoms with E-state index in [1.54, 1.807) is 6.20 Å². The van der Waals surface area contributed by atoms with Crippen LogP contribution in [0.2, 0.25) is 0 Å². The van der Waals surface area contributed by atoms with E-state index in [2.05, 4.69) is 25.5 Å². The molecule has 0 spiro atoms. The molecular formula is C8H12N2. The highest BCUT2D eigenvalue weighted by molar-refractivity contribution is 5.40. The van der Waals surface area contributed by atoms with E-state index in [4.69, 9.17) is 0 Å². The Bertz CT molecular complexity index is 223. The van der Waals surface area contributed by atoms with Crippen LogP contribution in [-0.2, 0) is 0 Å². The van der Waals surface area contributed by atoms with Gasteiger partial charge in [-0.2, -0.15) is 5.10 Å². The van der Waals surface area contributed by atoms with Crippen LogP contribution in [0.5, 0.6) is 0 Å². The standard InChI is InChI=1S/C8H12N2/c1-4-8-5-6-9-10(8)7(2)3/h4-7H,1H2,2-3H3. The molecular weight excluding hydrogens is 124 g/mol. The van der Waals surface area contributed by atoms with Crippen LogP contribution in [-0.4, -0.2) is 9.78 Å². The lowest BCUT2D eigenvalue weighted by Gasteiger charge is -2.06. The number of aromatic nitrogens is 2. The van der Waals surface area contributed by atoms with Crippen LogP contribution in [0.1, 0.15) is 25.6 Å². The van der Waals surface area contributed by atoms with Crippen molar-refractivity contribution in [3.63, 3.8) is 0 Å². The first-order valence-corrected chi connectivity index (χ1v) is 3.41. The minimum atomic E-state index is 0.419. The Labute approximate surface area is 61.2 Å². The predicted octanol–water partition coefficient (Wildman–Crippen LogP) is 2.11. The van der Waals surface area contributed by atoms with Crippen LogP contribution in [0.4, 0.5) is 0 Å². The molecule has 2 nitrogen and oxygen atoms in total. The Morgan fingerprint density at radius 2 is 2.40 bits per heavy atom. The maximum Gasteiger partial charge on any atom is 0.0607 e. The molecule has 2 heteroatoms. The molecule has 0 fully saturated rings. The molecule has 0 unspecified atom stereocenters. The van der Waals surface area contributed by atoms with Crippen molar-refractivity contribution >= 4 is 6.08 Å². The summed E-state index contributed by atoms with van der Waals surface area (Å²) in [7, 11) is 0. The maximum absolute atomic E-state index is 4.13. The lowest BCUT2D eigenvalue weighted by molar-refractivity contribution is 0.528. The van der Waals surface area contributed by atoms with Crippen molar-refractivity contribution in [2.24, 2.45) is 0 Å². The molecule has 54 valence electrons. The third-order valence-corrected chi connectivity index (χ3v) is 1.40. The van der Waals surface area contributed by atoms with Gasteiger partial charge in [0.15, 0.2) is 0 Å². The van der Waals surface area contributed by atoms with E-state index in [0.717, 1.165) is 5.69 Å². The number of hydrogen-bond acceptors (Lipinski definition) is 1. The fourth-order valence-corrected chi connectivity index (χ4v) is 0.918. The van der Waals surface area contributed by atoms with Gasteiger partial charge in [-0.15, -0.1) is 0 Å². The van der Waals surface area contributed by atoms with Crippen LogP contribution in [0.3, 0.4) is 0 Å². The number of nitrogens with zero attached hydrogens (tertiary/aromatic N) is 2. The van der Waals surface area contributed by atoms with Crippen molar-refractivity contribution < 1.29 is 0 Å². The van der Waals surface area contributed by atoms with Gasteiger partial charge in [0.25, 0.3) is 0 Å². The highest BCUT2D eigenvalue weighted by Gasteiger charge is 2.00. The Morgan fingerprint density at radius 1 is 1.70 bits per heavy atom. The molecule has 0 saturated heterocycles. The van der Waals surface area contributed by atoms with Gasteiger partial charge in [-0.3, -0.25) is 4.68 Å². The molecule has 1 heterocycles. The third-order valence-electron chi connectivity index (χ3n) is 1.40. The van der Waals surface area contributed by atoms with E-state index in [-0.39, 0.29) is 0 Å². The highest BCUT2D eigenvalue weighted by atomic mass is 15.3. The molecule has 0 atom stereocenters. The lowest BCUT2D eigenvalue weighted by Crippen LogP contribution is -2.03. The molecule has 1 rings (SSSR count). The fraction of sp³-hybridized carbons (Fsp3) is 0.375. The molecule has 0 radical (unpaired) electrons. The zero-order valence-corrected chi connectivity index (χ0v) is 6.41. The zero-order chi connectivity index (χ0) is 7.56. The minimum Gasteiger partial charge on any atom is -0.263 e. The van der Waals surface area contributed by atoms with Crippen LogP contribution in [0.15, 0.2) is 18.8 Å². The predicted molar refractivity (Wildman–Crippen MR) is 42.7 cm³/mol. The maximum atomic E-state index is 4.13. The van der Waals surface area contributed by atoms with Gasteiger partial charge in [-0.1, -0.05) is 6.58 Å². The van der Waals surface area contributed by atoms with E-state index < -0.39 is 0 Å². The SMILES string of the molecule is C=Cc1ccnn1C(C)C. The Hall–Kier alpha value is -1.05. The molecule has 1 aromatic rings. The van der Waals surface area contributed by atoms with Crippen molar-refractivity contribution in [3.05, 3.63) is 24.5 Å². The van der Waals surface area contributed by atoms with Gasteiger partial charge in [-0.25, -0.2) is 0 Å². The topological polar surface area (TPSA) is 17.8 Å². The molecule has 0 aromatic carbocycles. The van der Waals surface area contributed by atoms with E-state index in [9.17, 15) is 0 Å². The molecule has 0 N–H and O–H groups in total. The first-order valence-electron chi connectivity index (χ1n) is 3.41. The first-order chi connectivity index (χ1) is 4.75. The molecule has 0 aliphatic carbocycles. The zero-order valence-electron chi connectivity index (χ0n) is 6.41. The second-order valence-corrected chi connectivity index (χ2v) is 2.50. The Balaban J connectivity index is 3.01. The molecule has 0 amide bonds. The summed E-state index contributed by atoms with van der Waals surface area (Å²) >= 11 is 0. The van der Waals surface area contributed by atoms with Crippen molar-refractivity contribution in [1.29, 1.82) is 0 Å². The number of hydrogen-bond donors (Lipinski definition) is 0. The minimum absolute atomic E-state index is 0.419. The lowest BCUT2D eigenvalue weighted by atomic mass is 10.3. The van der Waals surface area contributed by atoms with E-state index >= 15 is 0 Å². The smallest absolute Gasteiger partial charge is 0.0607 e. The van der Waals surface area contributed by atoms with Gasteiger partial charge in [-0.05, 0) is 26.0 Å². The van der Waals surface area contributed by atoms with Crippen molar-refractivity contribution in [3.8, 4) is 0 Å². The van der Waals surface area contributed by atoms with Crippen molar-refractivity contribution in [2.45, 2.75) is 19.9 Å². The fourth-order valence-electron chi connectivity index (χ4n) is 0.918. The van der Waals surface area contributed by atoms with Gasteiger partial charge in [0.1, 0.15) is 0 Å². The summed E-state index contributed by atoms with van der Waals surface area (Å²) in [4.78, 5) is 0. The van der Waals surface area contributed by atoms with Gasteiger partial charge in [0, 0.05) is 12.2 Å². The quantitative estimate of drug-likeness (QED) is 0.608. The van der Waals surface area contributed by atoms with Crippen LogP contribution in [0, 0.1) is 0 Å². The molecule has 10 heavy (non-hydrogen) atoms. The normalized spacial score (nSPS) is 10.3. The second kappa shape index (κ2) is 2.69. The van der Waals surface area contributed by atoms with E-state index in [1.165, 1.54) is 0 Å². The largest absolute Gasteiger partial charge is 0.263 e. The average Bonchev–Trinajstić information content (AvgIpc) is 2.33. The molecule has 0 saturated carbocycles. The van der Waals surface area contributed by atoms with Gasteiger partial charge < -0.3 is 0 Å². The summed E-state index contributed by atoms with van der Waals surface area (Å²) in [5.74, 6) is 0. The average molecular weight is 136 g/mol. The van der Waals surface area contributed by atoms with Gasteiger partial charge in [0.05, 0.1) is 5.69 Å². The summed E-state index contributed by atoms with van der Waals surface area (Å²) in [6.45, 7) is 7.88. The molecule has 0 aliphatic heterocycles. The van der Waals surface area contributed by atoms with Crippen molar-refractivity contribution in [1.82, 2.24) is 9.78 Å².